The van der Waals surface area contributed by atoms with Gasteiger partial charge in [-0.25, -0.2) is 22.7 Å². The molecule has 0 spiro atoms. The van der Waals surface area contributed by atoms with E-state index in [4.69, 9.17) is 4.74 Å². The molecule has 8 N–H and O–H groups in total. The summed E-state index contributed by atoms with van der Waals surface area (Å²) >= 11 is 0. The minimum absolute atomic E-state index is 0.0136. The lowest BCUT2D eigenvalue weighted by Gasteiger charge is -2.26. The molecule has 1 unspecified atom stereocenters. The van der Waals surface area contributed by atoms with Crippen LogP contribution in [-0.4, -0.2) is 88.6 Å². The number of aromatic amines is 1. The highest BCUT2D eigenvalue weighted by molar-refractivity contribution is 7.88. The number of carboxylic acids is 1. The number of carbonyl (C=O) groups is 4. The number of alkyl carbamates (subject to hydrolysis) is 1. The van der Waals surface area contributed by atoms with Crippen molar-refractivity contribution in [3.63, 3.8) is 0 Å². The predicted molar refractivity (Wildman–Crippen MR) is 200 cm³/mol. The largest absolute Gasteiger partial charge is 0.480 e. The van der Waals surface area contributed by atoms with E-state index in [1.807, 2.05) is 54.6 Å². The van der Waals surface area contributed by atoms with Gasteiger partial charge in [0.15, 0.2) is 0 Å². The minimum atomic E-state index is -4.16. The Morgan fingerprint density at radius 1 is 0.923 bits per heavy atom. The number of aromatic nitrogens is 1. The molecule has 15 nitrogen and oxygen atoms in total. The number of rotatable bonds is 20. The van der Waals surface area contributed by atoms with Gasteiger partial charge in [-0.1, -0.05) is 69.3 Å². The SMILES string of the molecule is CC(C)CC(NC(=O)[C@H](CCCCNC(=O)OCc1ccccc1)NS(C)(=O)=O)=P(O)(O)CC(C)C(=O)N[C@@H](Cc1c[nH]c2ccccc12)C(=O)O. The lowest BCUT2D eigenvalue weighted by molar-refractivity contribution is -0.142. The third-order valence-corrected chi connectivity index (χ3v) is 11.0. The molecule has 0 aliphatic rings. The summed E-state index contributed by atoms with van der Waals surface area (Å²) < 4.78 is 31.7. The number of fused-ring (bicyclic) bond motifs is 1. The van der Waals surface area contributed by atoms with Crippen LogP contribution in [0, 0.1) is 11.8 Å². The third kappa shape index (κ3) is 14.1. The lowest BCUT2D eigenvalue weighted by Crippen LogP contribution is -2.49. The van der Waals surface area contributed by atoms with E-state index in [0.717, 1.165) is 22.7 Å². The maximum atomic E-state index is 13.4. The van der Waals surface area contributed by atoms with Crippen molar-refractivity contribution in [2.24, 2.45) is 11.8 Å². The highest BCUT2D eigenvalue weighted by Crippen LogP contribution is 2.42. The van der Waals surface area contributed by atoms with Gasteiger partial charge < -0.3 is 40.6 Å². The summed E-state index contributed by atoms with van der Waals surface area (Å²) in [6, 6.07) is 13.9. The van der Waals surface area contributed by atoms with Crippen LogP contribution in [0.5, 0.6) is 0 Å². The smallest absolute Gasteiger partial charge is 0.407 e. The fourth-order valence-electron chi connectivity index (χ4n) is 5.45. The van der Waals surface area contributed by atoms with Gasteiger partial charge in [-0.15, -0.1) is 0 Å². The number of ether oxygens (including phenoxy) is 1. The van der Waals surface area contributed by atoms with Gasteiger partial charge in [0.25, 0.3) is 0 Å². The Balaban J connectivity index is 1.64. The summed E-state index contributed by atoms with van der Waals surface area (Å²) in [5, 5.41) is 18.3. The van der Waals surface area contributed by atoms with Gasteiger partial charge in [-0.3, -0.25) is 9.59 Å². The quantitative estimate of drug-likeness (QED) is 0.0619. The normalized spacial score (nSPS) is 13.6. The van der Waals surface area contributed by atoms with Gasteiger partial charge >= 0.3 is 12.1 Å². The number of carbonyl (C=O) groups excluding carboxylic acids is 3. The number of sulfonamides is 1. The Hall–Kier alpha value is -4.21. The van der Waals surface area contributed by atoms with Crippen molar-refractivity contribution in [3.05, 3.63) is 71.9 Å². The number of aliphatic carboxylic acids is 1. The Bertz CT molecular complexity index is 1840. The molecule has 0 bridgehead atoms. The average molecular weight is 764 g/mol. The van der Waals surface area contributed by atoms with Crippen LogP contribution in [0.25, 0.3) is 10.9 Å². The number of para-hydroxylation sites is 1. The fourth-order valence-corrected chi connectivity index (χ4v) is 8.29. The summed E-state index contributed by atoms with van der Waals surface area (Å²) in [6.45, 7) is 5.30. The molecule has 286 valence electrons. The van der Waals surface area contributed by atoms with Gasteiger partial charge in [-0.05, 0) is 48.8 Å². The molecule has 0 radical (unpaired) electrons. The number of hydrogen-bond acceptors (Lipinski definition) is 9. The molecule has 0 aliphatic heterocycles. The number of H-pyrrole nitrogens is 1. The summed E-state index contributed by atoms with van der Waals surface area (Å²) in [7, 11) is -8.02. The van der Waals surface area contributed by atoms with Crippen molar-refractivity contribution < 1.29 is 47.2 Å². The maximum absolute atomic E-state index is 13.4. The molecule has 3 rings (SSSR count). The van der Waals surface area contributed by atoms with Crippen LogP contribution in [-0.2, 0) is 42.2 Å². The van der Waals surface area contributed by atoms with Crippen molar-refractivity contribution in [1.82, 2.24) is 25.7 Å². The average Bonchev–Trinajstić information content (AvgIpc) is 3.48. The van der Waals surface area contributed by atoms with Gasteiger partial charge in [0, 0.05) is 42.1 Å². The maximum Gasteiger partial charge on any atom is 0.407 e. The molecular formula is C35H50N5O10PS. The molecule has 3 atom stereocenters. The molecule has 0 aliphatic carbocycles. The fraction of sp³-hybridized carbons (Fsp3) is 0.457. The number of unbranched alkanes of at least 4 members (excludes halogenated alkanes) is 1. The molecule has 2 aromatic carbocycles. The van der Waals surface area contributed by atoms with E-state index < -0.39 is 65.4 Å². The second kappa shape index (κ2) is 19.6. The topological polar surface area (TPSA) is 236 Å². The molecule has 52 heavy (non-hydrogen) atoms. The lowest BCUT2D eigenvalue weighted by atomic mass is 10.0. The predicted octanol–water partition coefficient (Wildman–Crippen LogP) is 3.05. The first-order valence-electron chi connectivity index (χ1n) is 17.0. The molecule has 0 saturated carbocycles. The molecule has 1 heterocycles. The van der Waals surface area contributed by atoms with E-state index in [1.54, 1.807) is 20.0 Å². The van der Waals surface area contributed by atoms with Crippen LogP contribution in [0.1, 0.15) is 57.6 Å². The molecule has 0 saturated heterocycles. The molecule has 0 fully saturated rings. The first-order chi connectivity index (χ1) is 24.4. The Labute approximate surface area is 304 Å². The third-order valence-electron chi connectivity index (χ3n) is 8.07. The van der Waals surface area contributed by atoms with Crippen LogP contribution in [0.2, 0.25) is 0 Å². The Kier molecular flexibility index (Phi) is 15.9. The summed E-state index contributed by atoms with van der Waals surface area (Å²) in [5.74, 6) is -4.03. The van der Waals surface area contributed by atoms with Gasteiger partial charge in [0.05, 0.1) is 11.7 Å². The van der Waals surface area contributed by atoms with Gasteiger partial charge in [0.2, 0.25) is 21.8 Å². The highest BCUT2D eigenvalue weighted by atomic mass is 32.2. The van der Waals surface area contributed by atoms with E-state index in [-0.39, 0.29) is 43.7 Å². The van der Waals surface area contributed by atoms with E-state index in [1.165, 1.54) is 6.92 Å². The zero-order valence-corrected chi connectivity index (χ0v) is 31.5. The standard InChI is InChI=1S/C35H50N5O10PS/c1-23(2)18-31(39-33(42)29(40-52(4,48)49)16-10-11-17-36-35(45)50-21-25-12-6-5-7-13-25)51(46,47)22-24(3)32(41)38-30(34(43)44)19-26-20-37-28-15-9-8-14-27(26)28/h5-9,12-15,20,23-24,29-30,37,40,46-47H,10-11,16-19,21-22H2,1-4H3,(H,36,45)(H,38,41)(H,39,42)(H,43,44)/t24?,29-,30-/m0/s1. The van der Waals surface area contributed by atoms with E-state index >= 15 is 0 Å². The summed E-state index contributed by atoms with van der Waals surface area (Å²) in [5.41, 5.74) is 2.19. The monoisotopic (exact) mass is 763 g/mol. The first-order valence-corrected chi connectivity index (χ1v) is 20.7. The Morgan fingerprint density at radius 3 is 2.25 bits per heavy atom. The first kappa shape index (κ1) is 42.2. The Morgan fingerprint density at radius 2 is 1.60 bits per heavy atom. The van der Waals surface area contributed by atoms with Crippen molar-refractivity contribution in [2.75, 3.05) is 19.0 Å². The second-order valence-electron chi connectivity index (χ2n) is 13.2. The summed E-state index contributed by atoms with van der Waals surface area (Å²) in [6.07, 6.45) is 2.21. The van der Waals surface area contributed by atoms with E-state index in [9.17, 15) is 42.5 Å². The highest BCUT2D eigenvalue weighted by Gasteiger charge is 2.31. The van der Waals surface area contributed by atoms with Crippen LogP contribution in [0.4, 0.5) is 4.79 Å². The zero-order chi connectivity index (χ0) is 38.5. The number of carboxylic acid groups (broad SMARTS) is 1. The van der Waals surface area contributed by atoms with Crippen molar-refractivity contribution in [2.45, 2.75) is 71.6 Å². The van der Waals surface area contributed by atoms with E-state index in [0.29, 0.717) is 18.4 Å². The number of hydrogen-bond donors (Lipinski definition) is 8. The molecular weight excluding hydrogens is 713 g/mol. The molecule has 1 aromatic heterocycles. The van der Waals surface area contributed by atoms with Crippen LogP contribution in [0.15, 0.2) is 60.8 Å². The van der Waals surface area contributed by atoms with E-state index in [2.05, 4.69) is 25.7 Å². The van der Waals surface area contributed by atoms with Crippen LogP contribution in [0.3, 0.4) is 0 Å². The van der Waals surface area contributed by atoms with Gasteiger partial charge in [0.1, 0.15) is 26.0 Å². The van der Waals surface area contributed by atoms with Crippen molar-refractivity contribution in [3.8, 4) is 0 Å². The number of nitrogens with one attached hydrogen (secondary N) is 5. The number of amides is 3. The van der Waals surface area contributed by atoms with Crippen LogP contribution < -0.4 is 20.7 Å². The van der Waals surface area contributed by atoms with Gasteiger partial charge in [-0.2, -0.15) is 0 Å². The van der Waals surface area contributed by atoms with Crippen molar-refractivity contribution >= 4 is 57.6 Å². The molecule has 3 amide bonds. The minimum Gasteiger partial charge on any atom is -0.480 e. The summed E-state index contributed by atoms with van der Waals surface area (Å²) in [4.78, 5) is 76.4. The zero-order valence-electron chi connectivity index (χ0n) is 29.8. The number of benzene rings is 2. The van der Waals surface area contributed by atoms with Crippen LogP contribution >= 0.6 is 7.34 Å². The second-order valence-corrected chi connectivity index (χ2v) is 17.4. The molecule has 3 aromatic rings. The molecule has 17 heteroatoms. The van der Waals surface area contributed by atoms with Crippen molar-refractivity contribution in [1.29, 1.82) is 0 Å².